The quantitative estimate of drug-likeness (QED) is 0.706. The van der Waals surface area contributed by atoms with Crippen LogP contribution < -0.4 is 5.32 Å². The van der Waals surface area contributed by atoms with E-state index in [4.69, 9.17) is 4.74 Å². The number of hydrogen-bond acceptors (Lipinski definition) is 5. The topological polar surface area (TPSA) is 48.1 Å². The number of carbonyl (C=O) groups excluding carboxylic acids is 1. The number of nitrogens with zero attached hydrogens (tertiary/aromatic N) is 3. The lowest BCUT2D eigenvalue weighted by atomic mass is 10.0. The van der Waals surface area contributed by atoms with Crippen molar-refractivity contribution in [2.24, 2.45) is 0 Å². The molecular formula is C14H26N4O2. The summed E-state index contributed by atoms with van der Waals surface area (Å²) in [6.07, 6.45) is 0. The van der Waals surface area contributed by atoms with E-state index < -0.39 is 0 Å². The first kappa shape index (κ1) is 14.3. The van der Waals surface area contributed by atoms with Gasteiger partial charge in [-0.05, 0) is 6.92 Å². The second-order valence-corrected chi connectivity index (χ2v) is 6.01. The summed E-state index contributed by atoms with van der Waals surface area (Å²) in [6, 6.07) is 0.671. The fourth-order valence-corrected chi connectivity index (χ4v) is 3.29. The molecule has 1 amide bonds. The van der Waals surface area contributed by atoms with Gasteiger partial charge in [-0.2, -0.15) is 0 Å². The van der Waals surface area contributed by atoms with Crippen LogP contribution in [-0.2, 0) is 9.53 Å². The van der Waals surface area contributed by atoms with E-state index in [9.17, 15) is 4.79 Å². The van der Waals surface area contributed by atoms with Crippen LogP contribution in [-0.4, -0.2) is 98.3 Å². The van der Waals surface area contributed by atoms with E-state index in [1.165, 1.54) is 0 Å². The maximum absolute atomic E-state index is 12.4. The lowest BCUT2D eigenvalue weighted by Crippen LogP contribution is -2.66. The molecule has 0 radical (unpaired) electrons. The molecule has 0 saturated carbocycles. The van der Waals surface area contributed by atoms with E-state index >= 15 is 0 Å². The Morgan fingerprint density at radius 3 is 2.45 bits per heavy atom. The van der Waals surface area contributed by atoms with E-state index in [2.05, 4.69) is 15.1 Å². The van der Waals surface area contributed by atoms with Gasteiger partial charge in [0.2, 0.25) is 5.91 Å². The van der Waals surface area contributed by atoms with E-state index in [1.807, 2.05) is 11.8 Å². The summed E-state index contributed by atoms with van der Waals surface area (Å²) < 4.78 is 5.31. The number of carbonyl (C=O) groups is 1. The molecule has 0 aromatic heterocycles. The molecule has 0 aromatic carbocycles. The van der Waals surface area contributed by atoms with Crippen LogP contribution in [0.1, 0.15) is 6.92 Å². The van der Waals surface area contributed by atoms with Crippen molar-refractivity contribution < 1.29 is 9.53 Å². The molecule has 114 valence electrons. The normalized spacial score (nSPS) is 28.1. The minimum absolute atomic E-state index is 0.0206. The molecule has 0 bridgehead atoms. The highest BCUT2D eigenvalue weighted by molar-refractivity contribution is 5.81. The highest BCUT2D eigenvalue weighted by Gasteiger charge is 2.38. The van der Waals surface area contributed by atoms with Gasteiger partial charge in [-0.15, -0.1) is 0 Å². The van der Waals surface area contributed by atoms with Gasteiger partial charge in [-0.25, -0.2) is 0 Å². The third-order valence-electron chi connectivity index (χ3n) is 4.79. The maximum Gasteiger partial charge on any atom is 0.239 e. The second kappa shape index (κ2) is 6.39. The van der Waals surface area contributed by atoms with E-state index in [0.29, 0.717) is 19.3 Å². The summed E-state index contributed by atoms with van der Waals surface area (Å²) in [4.78, 5) is 19.2. The molecule has 3 rings (SSSR count). The Hall–Kier alpha value is -0.690. The van der Waals surface area contributed by atoms with Crippen LogP contribution in [0, 0.1) is 0 Å². The number of hydrogen-bond donors (Lipinski definition) is 1. The zero-order valence-electron chi connectivity index (χ0n) is 12.4. The van der Waals surface area contributed by atoms with Crippen molar-refractivity contribution in [1.29, 1.82) is 0 Å². The third-order valence-corrected chi connectivity index (χ3v) is 4.79. The fraction of sp³-hybridized carbons (Fsp3) is 0.929. The molecule has 3 aliphatic rings. The Morgan fingerprint density at radius 1 is 1.15 bits per heavy atom. The predicted molar refractivity (Wildman–Crippen MR) is 76.7 cm³/mol. The highest BCUT2D eigenvalue weighted by Crippen LogP contribution is 2.19. The van der Waals surface area contributed by atoms with E-state index in [-0.39, 0.29) is 11.9 Å². The van der Waals surface area contributed by atoms with Crippen molar-refractivity contribution >= 4 is 5.91 Å². The molecule has 3 fully saturated rings. The number of rotatable bonds is 3. The van der Waals surface area contributed by atoms with Gasteiger partial charge in [0.1, 0.15) is 0 Å². The second-order valence-electron chi connectivity index (χ2n) is 6.01. The molecule has 3 heterocycles. The summed E-state index contributed by atoms with van der Waals surface area (Å²) in [5, 5.41) is 3.39. The first-order chi connectivity index (χ1) is 9.75. The van der Waals surface area contributed by atoms with Crippen molar-refractivity contribution in [3.63, 3.8) is 0 Å². The van der Waals surface area contributed by atoms with Gasteiger partial charge in [-0.3, -0.25) is 14.6 Å². The Labute approximate surface area is 121 Å². The lowest BCUT2D eigenvalue weighted by molar-refractivity contribution is -0.143. The Kier molecular flexibility index (Phi) is 4.55. The Bertz CT molecular complexity index is 334. The van der Waals surface area contributed by atoms with Crippen molar-refractivity contribution in [2.75, 3.05) is 65.6 Å². The minimum atomic E-state index is 0.0206. The summed E-state index contributed by atoms with van der Waals surface area (Å²) >= 11 is 0. The van der Waals surface area contributed by atoms with Crippen LogP contribution in [0.4, 0.5) is 0 Å². The minimum Gasteiger partial charge on any atom is -0.378 e. The first-order valence-electron chi connectivity index (χ1n) is 7.81. The van der Waals surface area contributed by atoms with Gasteiger partial charge in [-0.1, -0.05) is 0 Å². The molecule has 0 aromatic rings. The van der Waals surface area contributed by atoms with E-state index in [1.54, 1.807) is 0 Å². The van der Waals surface area contributed by atoms with Crippen molar-refractivity contribution in [1.82, 2.24) is 20.0 Å². The van der Waals surface area contributed by atoms with Gasteiger partial charge >= 0.3 is 0 Å². The molecule has 0 spiro atoms. The zero-order valence-corrected chi connectivity index (χ0v) is 12.4. The van der Waals surface area contributed by atoms with Crippen molar-refractivity contribution in [3.8, 4) is 0 Å². The molecule has 1 N–H and O–H groups in total. The Morgan fingerprint density at radius 2 is 1.80 bits per heavy atom. The van der Waals surface area contributed by atoms with Crippen LogP contribution in [0.3, 0.4) is 0 Å². The van der Waals surface area contributed by atoms with Gasteiger partial charge in [0, 0.05) is 58.4 Å². The summed E-state index contributed by atoms with van der Waals surface area (Å²) in [5.41, 5.74) is 0. The number of amides is 1. The molecule has 1 unspecified atom stereocenters. The van der Waals surface area contributed by atoms with Crippen molar-refractivity contribution in [2.45, 2.75) is 19.0 Å². The molecule has 20 heavy (non-hydrogen) atoms. The van der Waals surface area contributed by atoms with Crippen LogP contribution >= 0.6 is 0 Å². The van der Waals surface area contributed by atoms with E-state index in [0.717, 1.165) is 52.4 Å². The SMILES string of the molecule is CC(C(=O)N1CCOCC1)N1CC(N2CCNCC2)C1. The van der Waals surface area contributed by atoms with Crippen molar-refractivity contribution in [3.05, 3.63) is 0 Å². The van der Waals surface area contributed by atoms with Crippen LogP contribution in [0.2, 0.25) is 0 Å². The third kappa shape index (κ3) is 2.98. The smallest absolute Gasteiger partial charge is 0.239 e. The predicted octanol–water partition coefficient (Wildman–Crippen LogP) is -1.18. The number of ether oxygens (including phenoxy) is 1. The molecule has 6 nitrogen and oxygen atoms in total. The number of nitrogens with one attached hydrogen (secondary N) is 1. The average Bonchev–Trinajstić information content (AvgIpc) is 2.47. The zero-order chi connectivity index (χ0) is 13.9. The molecule has 3 saturated heterocycles. The Balaban J connectivity index is 1.44. The number of piperazine rings is 1. The molecule has 6 heteroatoms. The number of morpholine rings is 1. The number of likely N-dealkylation sites (tertiary alicyclic amines) is 1. The van der Waals surface area contributed by atoms with Gasteiger partial charge in [0.15, 0.2) is 0 Å². The largest absolute Gasteiger partial charge is 0.378 e. The first-order valence-corrected chi connectivity index (χ1v) is 7.81. The van der Waals surface area contributed by atoms with Gasteiger partial charge in [0.05, 0.1) is 19.3 Å². The van der Waals surface area contributed by atoms with Crippen LogP contribution in [0.25, 0.3) is 0 Å². The highest BCUT2D eigenvalue weighted by atomic mass is 16.5. The molecule has 0 aliphatic carbocycles. The van der Waals surface area contributed by atoms with Crippen LogP contribution in [0.5, 0.6) is 0 Å². The molecule has 3 aliphatic heterocycles. The summed E-state index contributed by atoms with van der Waals surface area (Å²) in [5.74, 6) is 0.270. The maximum atomic E-state index is 12.4. The summed E-state index contributed by atoms with van der Waals surface area (Å²) in [6.45, 7) is 11.5. The average molecular weight is 282 g/mol. The molecular weight excluding hydrogens is 256 g/mol. The van der Waals surface area contributed by atoms with Gasteiger partial charge < -0.3 is 15.0 Å². The fourth-order valence-electron chi connectivity index (χ4n) is 3.29. The monoisotopic (exact) mass is 282 g/mol. The standard InChI is InChI=1S/C14H26N4O2/c1-12(14(19)17-6-8-20-9-7-17)18-10-13(11-18)16-4-2-15-3-5-16/h12-13,15H,2-11H2,1H3. The molecule has 1 atom stereocenters. The van der Waals surface area contributed by atoms with Gasteiger partial charge in [0.25, 0.3) is 0 Å². The summed E-state index contributed by atoms with van der Waals surface area (Å²) in [7, 11) is 0. The lowest BCUT2D eigenvalue weighted by Gasteiger charge is -2.49. The van der Waals surface area contributed by atoms with Crippen LogP contribution in [0.15, 0.2) is 0 Å².